The molecule has 0 unspecified atom stereocenters. The average Bonchev–Trinajstić information content (AvgIpc) is 3.31. The lowest BCUT2D eigenvalue weighted by Gasteiger charge is -2.21. The fourth-order valence-corrected chi connectivity index (χ4v) is 4.73. The van der Waals surface area contributed by atoms with Gasteiger partial charge in [0.15, 0.2) is 0 Å². The Bertz CT molecular complexity index is 1440. The van der Waals surface area contributed by atoms with E-state index in [2.05, 4.69) is 9.71 Å². The summed E-state index contributed by atoms with van der Waals surface area (Å²) in [5, 5.41) is 1.59. The number of amides is 1. The number of nitrogens with zero attached hydrogens (tertiary/aromatic N) is 1. The van der Waals surface area contributed by atoms with Gasteiger partial charge in [0, 0.05) is 11.1 Å². The lowest BCUT2D eigenvalue weighted by Crippen LogP contribution is -2.31. The maximum absolute atomic E-state index is 13.1. The normalized spacial score (nSPS) is 12.0. The Balaban J connectivity index is 1.68. The second kappa shape index (κ2) is 8.37. The van der Waals surface area contributed by atoms with Gasteiger partial charge < -0.3 is 9.15 Å². The molecule has 1 heterocycles. The van der Waals surface area contributed by atoms with Crippen LogP contribution >= 0.6 is 0 Å². The smallest absolute Gasteiger partial charge is 0.268 e. The summed E-state index contributed by atoms with van der Waals surface area (Å²) >= 11 is 0. The van der Waals surface area contributed by atoms with Gasteiger partial charge in [-0.1, -0.05) is 45.0 Å². The van der Waals surface area contributed by atoms with Crippen molar-refractivity contribution in [1.29, 1.82) is 0 Å². The first kappa shape index (κ1) is 22.5. The van der Waals surface area contributed by atoms with Gasteiger partial charge in [-0.25, -0.2) is 18.1 Å². The Morgan fingerprint density at radius 1 is 1.06 bits per heavy atom. The van der Waals surface area contributed by atoms with E-state index >= 15 is 0 Å². The molecule has 1 N–H and O–H groups in total. The Labute approximate surface area is 192 Å². The summed E-state index contributed by atoms with van der Waals surface area (Å²) in [6, 6.07) is 15.4. The molecule has 33 heavy (non-hydrogen) atoms. The Kier molecular flexibility index (Phi) is 5.71. The van der Waals surface area contributed by atoms with Crippen molar-refractivity contribution in [3.63, 3.8) is 0 Å². The zero-order chi connectivity index (χ0) is 23.8. The lowest BCUT2D eigenvalue weighted by molar-refractivity contribution is 0.0981. The molecule has 7 nitrogen and oxygen atoms in total. The maximum atomic E-state index is 13.1. The fraction of sp³-hybridized carbons (Fsp3) is 0.200. The number of methoxy groups -OCH3 is 1. The zero-order valence-corrected chi connectivity index (χ0v) is 19.6. The molecule has 0 radical (unpaired) electrons. The number of fused-ring (bicyclic) bond motifs is 1. The molecule has 1 aromatic heterocycles. The highest BCUT2D eigenvalue weighted by atomic mass is 32.2. The number of carbonyl (C=O) groups excluding carboxylic acids is 1. The van der Waals surface area contributed by atoms with Crippen LogP contribution in [0.2, 0.25) is 0 Å². The molecule has 8 heteroatoms. The Morgan fingerprint density at radius 2 is 1.85 bits per heavy atom. The van der Waals surface area contributed by atoms with Gasteiger partial charge in [0.25, 0.3) is 15.9 Å². The van der Waals surface area contributed by atoms with Gasteiger partial charge in [-0.05, 0) is 52.1 Å². The van der Waals surface area contributed by atoms with Crippen molar-refractivity contribution in [2.75, 3.05) is 7.11 Å². The molecule has 0 fully saturated rings. The van der Waals surface area contributed by atoms with E-state index in [1.165, 1.54) is 19.4 Å². The van der Waals surface area contributed by atoms with E-state index in [4.69, 9.17) is 9.15 Å². The fourth-order valence-electron chi connectivity index (χ4n) is 3.56. The van der Waals surface area contributed by atoms with Gasteiger partial charge in [-0.15, -0.1) is 0 Å². The van der Waals surface area contributed by atoms with Crippen LogP contribution in [0.25, 0.3) is 22.2 Å². The van der Waals surface area contributed by atoms with Crippen molar-refractivity contribution < 1.29 is 22.4 Å². The third-order valence-electron chi connectivity index (χ3n) is 5.35. The predicted octanol–water partition coefficient (Wildman–Crippen LogP) is 4.92. The molecule has 0 aliphatic rings. The van der Waals surface area contributed by atoms with Crippen LogP contribution in [0.5, 0.6) is 5.75 Å². The molecule has 0 atom stereocenters. The monoisotopic (exact) mass is 464 g/mol. The number of sulfonamides is 1. The van der Waals surface area contributed by atoms with Crippen molar-refractivity contribution in [1.82, 2.24) is 9.71 Å². The first-order valence-electron chi connectivity index (χ1n) is 10.3. The summed E-state index contributed by atoms with van der Waals surface area (Å²) in [5.41, 5.74) is 1.52. The van der Waals surface area contributed by atoms with Crippen LogP contribution in [-0.2, 0) is 15.4 Å². The second-order valence-corrected chi connectivity index (χ2v) is 10.3. The third-order valence-corrected chi connectivity index (χ3v) is 6.70. The molecule has 0 spiro atoms. The van der Waals surface area contributed by atoms with Crippen LogP contribution in [0, 0.1) is 0 Å². The number of hydrogen-bond acceptors (Lipinski definition) is 6. The minimum Gasteiger partial charge on any atom is -0.495 e. The van der Waals surface area contributed by atoms with Crippen LogP contribution in [0.3, 0.4) is 0 Å². The predicted molar refractivity (Wildman–Crippen MR) is 126 cm³/mol. The number of nitrogens with one attached hydrogen (secondary N) is 1. The number of rotatable bonds is 5. The van der Waals surface area contributed by atoms with E-state index in [1.807, 2.05) is 45.0 Å². The van der Waals surface area contributed by atoms with Gasteiger partial charge in [0.2, 0.25) is 5.89 Å². The van der Waals surface area contributed by atoms with Gasteiger partial charge in [0.1, 0.15) is 16.9 Å². The summed E-state index contributed by atoms with van der Waals surface area (Å²) in [7, 11) is -2.79. The quantitative estimate of drug-likeness (QED) is 0.450. The molecule has 3 aromatic carbocycles. The number of aromatic nitrogens is 1. The van der Waals surface area contributed by atoms with Gasteiger partial charge in [-0.3, -0.25) is 4.79 Å². The molecule has 4 aromatic rings. The van der Waals surface area contributed by atoms with Crippen LogP contribution in [0.4, 0.5) is 0 Å². The third kappa shape index (κ3) is 4.47. The lowest BCUT2D eigenvalue weighted by atomic mass is 9.87. The van der Waals surface area contributed by atoms with Crippen molar-refractivity contribution in [3.8, 4) is 17.2 Å². The van der Waals surface area contributed by atoms with Crippen molar-refractivity contribution in [2.24, 2.45) is 0 Å². The molecular weight excluding hydrogens is 440 g/mol. The first-order valence-corrected chi connectivity index (χ1v) is 11.8. The average molecular weight is 465 g/mol. The minimum atomic E-state index is -4.18. The second-order valence-electron chi connectivity index (χ2n) is 8.63. The van der Waals surface area contributed by atoms with E-state index < -0.39 is 15.9 Å². The summed E-state index contributed by atoms with van der Waals surface area (Å²) in [5.74, 6) is -0.106. The highest BCUT2D eigenvalue weighted by Gasteiger charge is 2.26. The van der Waals surface area contributed by atoms with Crippen molar-refractivity contribution in [3.05, 3.63) is 78.2 Å². The Morgan fingerprint density at radius 3 is 2.52 bits per heavy atom. The summed E-state index contributed by atoms with van der Waals surface area (Å²) in [6.07, 6.45) is 3.05. The van der Waals surface area contributed by atoms with Gasteiger partial charge >= 0.3 is 0 Å². The number of carbonyl (C=O) groups is 1. The van der Waals surface area contributed by atoms with Crippen LogP contribution in [-0.4, -0.2) is 26.4 Å². The molecule has 0 aliphatic heterocycles. The van der Waals surface area contributed by atoms with Crippen LogP contribution in [0.1, 0.15) is 36.7 Å². The van der Waals surface area contributed by atoms with Gasteiger partial charge in [0.05, 0.1) is 13.3 Å². The minimum absolute atomic E-state index is 0.0854. The number of ether oxygens (including phenoxy) is 1. The number of benzene rings is 3. The van der Waals surface area contributed by atoms with E-state index in [0.717, 1.165) is 21.9 Å². The summed E-state index contributed by atoms with van der Waals surface area (Å²) in [4.78, 5) is 17.0. The molecule has 170 valence electrons. The van der Waals surface area contributed by atoms with Gasteiger partial charge in [-0.2, -0.15) is 0 Å². The molecule has 1 amide bonds. The standard InChI is InChI=1S/C25H24N2O5S/c1-25(2,3)18-9-11-21(31-4)22(15-18)33(29,30)27-23(28)17-8-10-19-16(14-17)6-5-7-20(19)24-26-12-13-32-24/h5-15H,1-4H3,(H,27,28). The molecule has 0 bridgehead atoms. The molecule has 0 aliphatic carbocycles. The molecule has 0 saturated heterocycles. The van der Waals surface area contributed by atoms with Crippen LogP contribution < -0.4 is 9.46 Å². The van der Waals surface area contributed by atoms with Crippen LogP contribution in [0.15, 0.2) is 76.4 Å². The number of hydrogen-bond donors (Lipinski definition) is 1. The topological polar surface area (TPSA) is 98.5 Å². The highest BCUT2D eigenvalue weighted by molar-refractivity contribution is 7.90. The highest BCUT2D eigenvalue weighted by Crippen LogP contribution is 2.31. The summed E-state index contributed by atoms with van der Waals surface area (Å²) < 4.78 is 39.0. The molecular formula is C25H24N2O5S. The molecule has 0 saturated carbocycles. The largest absolute Gasteiger partial charge is 0.495 e. The number of oxazole rings is 1. The van der Waals surface area contributed by atoms with Crippen molar-refractivity contribution >= 4 is 26.7 Å². The zero-order valence-electron chi connectivity index (χ0n) is 18.7. The van der Waals surface area contributed by atoms with E-state index in [1.54, 1.807) is 30.5 Å². The summed E-state index contributed by atoms with van der Waals surface area (Å²) in [6.45, 7) is 5.93. The maximum Gasteiger partial charge on any atom is 0.268 e. The Hall–Kier alpha value is -3.65. The molecule has 4 rings (SSSR count). The van der Waals surface area contributed by atoms with E-state index in [9.17, 15) is 13.2 Å². The van der Waals surface area contributed by atoms with E-state index in [-0.39, 0.29) is 21.6 Å². The van der Waals surface area contributed by atoms with E-state index in [0.29, 0.717) is 5.89 Å². The SMILES string of the molecule is COc1ccc(C(C)(C)C)cc1S(=O)(=O)NC(=O)c1ccc2c(-c3ncco3)cccc2c1. The first-order chi connectivity index (χ1) is 15.6. The van der Waals surface area contributed by atoms with Crippen molar-refractivity contribution in [2.45, 2.75) is 31.1 Å².